The zero-order valence-corrected chi connectivity index (χ0v) is 15.8. The largest absolute Gasteiger partial charge is 0.332 e. The molecule has 1 aromatic heterocycles. The van der Waals surface area contributed by atoms with Crippen molar-refractivity contribution >= 4 is 15.9 Å². The lowest BCUT2D eigenvalue weighted by molar-refractivity contribution is 0.0690. The van der Waals surface area contributed by atoms with Crippen LogP contribution >= 0.6 is 0 Å². The van der Waals surface area contributed by atoms with E-state index in [1.54, 1.807) is 27.9 Å². The van der Waals surface area contributed by atoms with Gasteiger partial charge in [0.2, 0.25) is 10.0 Å². The second kappa shape index (κ2) is 8.17. The molecule has 0 spiro atoms. The Hall–Kier alpha value is -2.63. The van der Waals surface area contributed by atoms with Gasteiger partial charge < -0.3 is 4.90 Å². The Bertz CT molecular complexity index is 926. The minimum atomic E-state index is -3.76. The molecule has 1 heterocycles. The lowest BCUT2D eigenvalue weighted by Gasteiger charge is -2.26. The molecule has 2 aromatic rings. The highest BCUT2D eigenvalue weighted by Gasteiger charge is 2.22. The average Bonchev–Trinajstić information content (AvgIpc) is 3.02. The van der Waals surface area contributed by atoms with Crippen molar-refractivity contribution in [2.45, 2.75) is 31.3 Å². The second-order valence-electron chi connectivity index (χ2n) is 6.11. The highest BCUT2D eigenvalue weighted by molar-refractivity contribution is 7.89. The summed E-state index contributed by atoms with van der Waals surface area (Å²) in [5.74, 6) is 1.97. The molecule has 0 saturated heterocycles. The Morgan fingerprint density at radius 1 is 1.42 bits per heavy atom. The van der Waals surface area contributed by atoms with Gasteiger partial charge in [-0.15, -0.1) is 6.42 Å². The highest BCUT2D eigenvalue weighted by Crippen LogP contribution is 2.16. The number of carbonyl (C=O) groups excluding carboxylic acids is 1. The maximum atomic E-state index is 12.9. The van der Waals surface area contributed by atoms with Gasteiger partial charge in [0.05, 0.1) is 17.6 Å². The van der Waals surface area contributed by atoms with Crippen molar-refractivity contribution < 1.29 is 13.2 Å². The number of aryl methyl sites for hydroxylation is 1. The molecule has 1 N–H and O–H groups in total. The van der Waals surface area contributed by atoms with Gasteiger partial charge >= 0.3 is 0 Å². The molecule has 26 heavy (non-hydrogen) atoms. The van der Waals surface area contributed by atoms with Crippen LogP contribution in [0, 0.1) is 12.3 Å². The number of terminal acetylenes is 1. The fourth-order valence-corrected chi connectivity index (χ4v) is 3.40. The van der Waals surface area contributed by atoms with Crippen molar-refractivity contribution in [3.05, 3.63) is 47.8 Å². The third-order valence-electron chi connectivity index (χ3n) is 3.75. The van der Waals surface area contributed by atoms with Gasteiger partial charge in [0, 0.05) is 37.0 Å². The van der Waals surface area contributed by atoms with Crippen LogP contribution in [0.25, 0.3) is 0 Å². The number of sulfonamides is 1. The fraction of sp³-hybridized carbons (Fsp3) is 0.333. The van der Waals surface area contributed by atoms with E-state index in [-0.39, 0.29) is 23.4 Å². The first kappa shape index (κ1) is 19.7. The number of benzene rings is 1. The Kier molecular flexibility index (Phi) is 6.18. The number of hydrogen-bond acceptors (Lipinski definition) is 4. The number of nitrogens with one attached hydrogen (secondary N) is 1. The molecular weight excluding hydrogens is 352 g/mol. The smallest absolute Gasteiger partial charge is 0.254 e. The van der Waals surface area contributed by atoms with Crippen LogP contribution in [-0.4, -0.2) is 41.6 Å². The Morgan fingerprint density at radius 3 is 2.73 bits per heavy atom. The summed E-state index contributed by atoms with van der Waals surface area (Å²) < 4.78 is 28.4. The maximum Gasteiger partial charge on any atom is 0.254 e. The van der Waals surface area contributed by atoms with Crippen molar-refractivity contribution in [3.63, 3.8) is 0 Å². The van der Waals surface area contributed by atoms with Gasteiger partial charge in [-0.05, 0) is 32.0 Å². The van der Waals surface area contributed by atoms with E-state index < -0.39 is 10.0 Å². The summed E-state index contributed by atoms with van der Waals surface area (Å²) in [4.78, 5) is 14.6. The number of hydrogen-bond donors (Lipinski definition) is 1. The quantitative estimate of drug-likeness (QED) is 0.742. The minimum Gasteiger partial charge on any atom is -0.332 e. The molecule has 0 atom stereocenters. The number of rotatable bonds is 7. The van der Waals surface area contributed by atoms with Gasteiger partial charge in [-0.2, -0.15) is 9.82 Å². The van der Waals surface area contributed by atoms with Crippen LogP contribution in [-0.2, 0) is 23.6 Å². The first-order valence-corrected chi connectivity index (χ1v) is 9.54. The third kappa shape index (κ3) is 4.71. The number of amides is 1. The molecule has 7 nitrogen and oxygen atoms in total. The van der Waals surface area contributed by atoms with Crippen LogP contribution in [0.3, 0.4) is 0 Å². The molecule has 2 rings (SSSR count). The van der Waals surface area contributed by atoms with Crippen LogP contribution in [0.1, 0.15) is 29.8 Å². The lowest BCUT2D eigenvalue weighted by atomic mass is 10.1. The summed E-state index contributed by atoms with van der Waals surface area (Å²) in [7, 11) is -1.95. The van der Waals surface area contributed by atoms with Crippen molar-refractivity contribution in [2.24, 2.45) is 7.05 Å². The predicted molar refractivity (Wildman–Crippen MR) is 98.7 cm³/mol. The number of nitrogens with zero attached hydrogens (tertiary/aromatic N) is 3. The predicted octanol–water partition coefficient (Wildman–Crippen LogP) is 1.38. The molecule has 0 saturated carbocycles. The van der Waals surface area contributed by atoms with E-state index in [1.807, 2.05) is 27.1 Å². The summed E-state index contributed by atoms with van der Waals surface area (Å²) in [6.07, 6.45) is 8.64. The van der Waals surface area contributed by atoms with Crippen LogP contribution in [0.5, 0.6) is 0 Å². The molecule has 0 aliphatic carbocycles. The maximum absolute atomic E-state index is 12.9. The lowest BCUT2D eigenvalue weighted by Crippen LogP contribution is -2.36. The molecule has 1 aromatic carbocycles. The monoisotopic (exact) mass is 374 g/mol. The fourth-order valence-electron chi connectivity index (χ4n) is 2.42. The summed E-state index contributed by atoms with van der Waals surface area (Å²) in [6, 6.07) is 5.86. The molecule has 1 amide bonds. The number of carbonyl (C=O) groups is 1. The van der Waals surface area contributed by atoms with E-state index in [4.69, 9.17) is 6.42 Å². The summed E-state index contributed by atoms with van der Waals surface area (Å²) in [5, 5.41) is 4.11. The number of aromatic nitrogens is 2. The normalized spacial score (nSPS) is 11.3. The summed E-state index contributed by atoms with van der Waals surface area (Å²) >= 11 is 0. The average molecular weight is 374 g/mol. The second-order valence-corrected chi connectivity index (χ2v) is 7.87. The van der Waals surface area contributed by atoms with Crippen LogP contribution in [0.2, 0.25) is 0 Å². The summed E-state index contributed by atoms with van der Waals surface area (Å²) in [5.41, 5.74) is 1.19. The van der Waals surface area contributed by atoms with E-state index in [2.05, 4.69) is 15.7 Å². The van der Waals surface area contributed by atoms with Crippen molar-refractivity contribution in [1.82, 2.24) is 19.4 Å². The van der Waals surface area contributed by atoms with E-state index in [0.29, 0.717) is 12.1 Å². The van der Waals surface area contributed by atoms with E-state index in [0.717, 1.165) is 5.56 Å². The Morgan fingerprint density at radius 2 is 2.15 bits per heavy atom. The highest BCUT2D eigenvalue weighted by atomic mass is 32.2. The standard InChI is InChI=1S/C18H22N4O3S/c1-5-9-20-26(24,25)17-8-6-7-16(10-17)18(23)22(14(2)3)13-15-11-19-21(4)12-15/h1,6-8,10-12,14,20H,9,13H2,2-4H3. The van der Waals surface area contributed by atoms with Gasteiger partial charge in [0.15, 0.2) is 0 Å². The Labute approximate surface area is 154 Å². The molecular formula is C18H22N4O3S. The van der Waals surface area contributed by atoms with Crippen molar-refractivity contribution in [3.8, 4) is 12.3 Å². The van der Waals surface area contributed by atoms with E-state index in [1.165, 1.54) is 12.1 Å². The van der Waals surface area contributed by atoms with E-state index >= 15 is 0 Å². The molecule has 0 aliphatic rings. The van der Waals surface area contributed by atoms with Gasteiger partial charge in [-0.1, -0.05) is 12.0 Å². The molecule has 8 heteroatoms. The van der Waals surface area contributed by atoms with Gasteiger partial charge in [-0.3, -0.25) is 9.48 Å². The van der Waals surface area contributed by atoms with Crippen LogP contribution in [0.15, 0.2) is 41.6 Å². The summed E-state index contributed by atoms with van der Waals surface area (Å²) in [6.45, 7) is 4.09. The SMILES string of the molecule is C#CCNS(=O)(=O)c1cccc(C(=O)N(Cc2cnn(C)c2)C(C)C)c1. The molecule has 138 valence electrons. The zero-order valence-electron chi connectivity index (χ0n) is 15.0. The molecule has 0 bridgehead atoms. The molecule has 0 radical (unpaired) electrons. The van der Waals surface area contributed by atoms with Crippen LogP contribution in [0.4, 0.5) is 0 Å². The van der Waals surface area contributed by atoms with Gasteiger partial charge in [0.1, 0.15) is 0 Å². The first-order chi connectivity index (χ1) is 12.2. The van der Waals surface area contributed by atoms with E-state index in [9.17, 15) is 13.2 Å². The first-order valence-electron chi connectivity index (χ1n) is 8.06. The Balaban J connectivity index is 2.29. The molecule has 0 unspecified atom stereocenters. The van der Waals surface area contributed by atoms with Crippen molar-refractivity contribution in [1.29, 1.82) is 0 Å². The topological polar surface area (TPSA) is 84.3 Å². The zero-order chi connectivity index (χ0) is 19.3. The van der Waals surface area contributed by atoms with Gasteiger partial charge in [0.25, 0.3) is 5.91 Å². The molecule has 0 aliphatic heterocycles. The molecule has 0 fully saturated rings. The van der Waals surface area contributed by atoms with Crippen molar-refractivity contribution in [2.75, 3.05) is 6.54 Å². The third-order valence-corrected chi connectivity index (χ3v) is 5.15. The minimum absolute atomic E-state index is 0.00341. The van der Waals surface area contributed by atoms with Gasteiger partial charge in [-0.25, -0.2) is 8.42 Å². The van der Waals surface area contributed by atoms with Crippen LogP contribution < -0.4 is 4.72 Å².